The lowest BCUT2D eigenvalue weighted by Crippen LogP contribution is -2.41. The first-order chi connectivity index (χ1) is 11.7. The van der Waals surface area contributed by atoms with E-state index < -0.39 is 0 Å². The summed E-state index contributed by atoms with van der Waals surface area (Å²) in [5.74, 6) is 4.19. The number of likely N-dealkylation sites (tertiary alicyclic amines) is 1. The van der Waals surface area contributed by atoms with Crippen LogP contribution in [0, 0.1) is 18.3 Å². The van der Waals surface area contributed by atoms with E-state index in [0.29, 0.717) is 49.4 Å². The zero-order chi connectivity index (χ0) is 17.4. The highest BCUT2D eigenvalue weighted by Crippen LogP contribution is 2.26. The lowest BCUT2D eigenvalue weighted by atomic mass is 9.98. The molecule has 1 aliphatic heterocycles. The van der Waals surface area contributed by atoms with Gasteiger partial charge in [0.25, 0.3) is 0 Å². The highest BCUT2D eigenvalue weighted by Gasteiger charge is 2.23. The van der Waals surface area contributed by atoms with Crippen molar-refractivity contribution >= 4 is 11.7 Å². The Bertz CT molecular complexity index is 567. The molecule has 1 N–H and O–H groups in total. The zero-order valence-electron chi connectivity index (χ0n) is 14.2. The van der Waals surface area contributed by atoms with Crippen LogP contribution in [0.25, 0.3) is 0 Å². The van der Waals surface area contributed by atoms with Crippen LogP contribution in [0.2, 0.25) is 0 Å². The summed E-state index contributed by atoms with van der Waals surface area (Å²) < 4.78 is 15.8. The number of terminal acetylenes is 1. The lowest BCUT2D eigenvalue weighted by Gasteiger charge is -2.31. The minimum absolute atomic E-state index is 0.117. The Morgan fingerprint density at radius 2 is 1.88 bits per heavy atom. The van der Waals surface area contributed by atoms with Crippen LogP contribution in [-0.2, 0) is 4.74 Å². The summed E-state index contributed by atoms with van der Waals surface area (Å²) in [7, 11) is 3.15. The Balaban J connectivity index is 1.86. The zero-order valence-corrected chi connectivity index (χ0v) is 14.2. The third kappa shape index (κ3) is 5.07. The number of benzene rings is 1. The van der Waals surface area contributed by atoms with Crippen molar-refractivity contribution < 1.29 is 19.0 Å². The van der Waals surface area contributed by atoms with Crippen LogP contribution in [0.4, 0.5) is 10.5 Å². The van der Waals surface area contributed by atoms with E-state index in [1.54, 1.807) is 32.4 Å². The normalized spacial score (nSPS) is 14.8. The van der Waals surface area contributed by atoms with Crippen LogP contribution >= 0.6 is 0 Å². The van der Waals surface area contributed by atoms with Crippen LogP contribution in [0.5, 0.6) is 11.5 Å². The van der Waals surface area contributed by atoms with Gasteiger partial charge in [-0.05, 0) is 18.8 Å². The maximum Gasteiger partial charge on any atom is 0.321 e. The Morgan fingerprint density at radius 3 is 2.42 bits per heavy atom. The number of hydrogen-bond acceptors (Lipinski definition) is 4. The van der Waals surface area contributed by atoms with Gasteiger partial charge in [-0.15, -0.1) is 6.42 Å². The monoisotopic (exact) mass is 332 g/mol. The molecule has 6 heteroatoms. The van der Waals surface area contributed by atoms with Crippen LogP contribution in [0.15, 0.2) is 18.2 Å². The number of piperidine rings is 1. The molecule has 0 radical (unpaired) electrons. The molecular weight excluding hydrogens is 308 g/mol. The predicted molar refractivity (Wildman–Crippen MR) is 92.5 cm³/mol. The van der Waals surface area contributed by atoms with Gasteiger partial charge >= 0.3 is 6.03 Å². The van der Waals surface area contributed by atoms with Gasteiger partial charge in [-0.25, -0.2) is 4.79 Å². The summed E-state index contributed by atoms with van der Waals surface area (Å²) in [5.41, 5.74) is 0.649. The van der Waals surface area contributed by atoms with E-state index in [9.17, 15) is 4.79 Å². The van der Waals surface area contributed by atoms with Gasteiger partial charge in [-0.3, -0.25) is 0 Å². The van der Waals surface area contributed by atoms with Crippen molar-refractivity contribution in [3.8, 4) is 23.8 Å². The molecule has 0 saturated carbocycles. The topological polar surface area (TPSA) is 60.0 Å². The number of nitrogens with one attached hydrogen (secondary N) is 1. The first-order valence-corrected chi connectivity index (χ1v) is 7.96. The van der Waals surface area contributed by atoms with Crippen molar-refractivity contribution in [3.05, 3.63) is 18.2 Å². The molecule has 0 unspecified atom stereocenters. The fraction of sp³-hybridized carbons (Fsp3) is 0.500. The van der Waals surface area contributed by atoms with Gasteiger partial charge < -0.3 is 24.4 Å². The standard InChI is InChI=1S/C18H24N2O4/c1-4-9-24-13-14-5-7-20(8-6-14)18(21)19-15-10-16(22-2)12-17(11-15)23-3/h1,10-12,14H,5-9,13H2,2-3H3,(H,19,21). The molecule has 0 aromatic heterocycles. The van der Waals surface area contributed by atoms with E-state index >= 15 is 0 Å². The molecule has 0 atom stereocenters. The summed E-state index contributed by atoms with van der Waals surface area (Å²) in [4.78, 5) is 14.2. The Hall–Kier alpha value is -2.39. The fourth-order valence-corrected chi connectivity index (χ4v) is 2.67. The van der Waals surface area contributed by atoms with Crippen molar-refractivity contribution in [2.24, 2.45) is 5.92 Å². The molecule has 2 rings (SSSR count). The number of carbonyl (C=O) groups excluding carboxylic acids is 1. The van der Waals surface area contributed by atoms with Gasteiger partial charge in [0.1, 0.15) is 18.1 Å². The molecule has 0 bridgehead atoms. The molecule has 130 valence electrons. The smallest absolute Gasteiger partial charge is 0.321 e. The average Bonchev–Trinajstić information content (AvgIpc) is 2.62. The molecule has 1 saturated heterocycles. The number of rotatable bonds is 6. The minimum Gasteiger partial charge on any atom is -0.497 e. The summed E-state index contributed by atoms with van der Waals surface area (Å²) in [6, 6.07) is 5.17. The number of ether oxygens (including phenoxy) is 3. The summed E-state index contributed by atoms with van der Waals surface area (Å²) >= 11 is 0. The minimum atomic E-state index is -0.117. The molecule has 1 heterocycles. The first kappa shape index (κ1) is 18.0. The molecule has 24 heavy (non-hydrogen) atoms. The third-order valence-corrected chi connectivity index (χ3v) is 4.04. The van der Waals surface area contributed by atoms with Crippen LogP contribution in [0.3, 0.4) is 0 Å². The molecule has 1 aromatic carbocycles. The van der Waals surface area contributed by atoms with Crippen molar-refractivity contribution in [3.63, 3.8) is 0 Å². The maximum atomic E-state index is 12.4. The van der Waals surface area contributed by atoms with Crippen molar-refractivity contribution in [2.45, 2.75) is 12.8 Å². The molecule has 1 aromatic rings. The SMILES string of the molecule is C#CCOCC1CCN(C(=O)Nc2cc(OC)cc(OC)c2)CC1. The van der Waals surface area contributed by atoms with Gasteiger partial charge in [0.05, 0.1) is 20.8 Å². The number of methoxy groups -OCH3 is 2. The number of amides is 2. The first-order valence-electron chi connectivity index (χ1n) is 7.96. The largest absolute Gasteiger partial charge is 0.497 e. The number of anilines is 1. The Morgan fingerprint density at radius 1 is 1.25 bits per heavy atom. The van der Waals surface area contributed by atoms with E-state index in [1.807, 2.05) is 4.90 Å². The van der Waals surface area contributed by atoms with Crippen LogP contribution in [0.1, 0.15) is 12.8 Å². The lowest BCUT2D eigenvalue weighted by molar-refractivity contribution is 0.0932. The van der Waals surface area contributed by atoms with Crippen molar-refractivity contribution in [2.75, 3.05) is 45.8 Å². The second kappa shape index (κ2) is 9.04. The van der Waals surface area contributed by atoms with Gasteiger partial charge in [0.2, 0.25) is 0 Å². The average molecular weight is 332 g/mol. The molecule has 2 amide bonds. The van der Waals surface area contributed by atoms with Crippen molar-refractivity contribution in [1.29, 1.82) is 0 Å². The summed E-state index contributed by atoms with van der Waals surface area (Å²) in [6.45, 7) is 2.42. The van der Waals surface area contributed by atoms with E-state index in [-0.39, 0.29) is 6.03 Å². The summed E-state index contributed by atoms with van der Waals surface area (Å²) in [5, 5.41) is 2.90. The fourth-order valence-electron chi connectivity index (χ4n) is 2.67. The third-order valence-electron chi connectivity index (χ3n) is 4.04. The van der Waals surface area contributed by atoms with E-state index in [1.165, 1.54) is 0 Å². The molecule has 0 spiro atoms. The molecular formula is C18H24N2O4. The molecule has 1 aliphatic rings. The second-order valence-electron chi connectivity index (χ2n) is 5.68. The van der Waals surface area contributed by atoms with E-state index in [2.05, 4.69) is 11.2 Å². The predicted octanol–water partition coefficient (Wildman–Crippen LogP) is 2.60. The summed E-state index contributed by atoms with van der Waals surface area (Å²) in [6.07, 6.45) is 7.00. The molecule has 1 fully saturated rings. The Labute approximate surface area is 143 Å². The second-order valence-corrected chi connectivity index (χ2v) is 5.68. The van der Waals surface area contributed by atoms with E-state index in [4.69, 9.17) is 20.6 Å². The molecule has 6 nitrogen and oxygen atoms in total. The van der Waals surface area contributed by atoms with Crippen molar-refractivity contribution in [1.82, 2.24) is 4.90 Å². The van der Waals surface area contributed by atoms with Gasteiger partial charge in [-0.1, -0.05) is 5.92 Å². The number of urea groups is 1. The van der Waals surface area contributed by atoms with Crippen LogP contribution in [-0.4, -0.2) is 51.5 Å². The maximum absolute atomic E-state index is 12.4. The number of hydrogen-bond donors (Lipinski definition) is 1. The highest BCUT2D eigenvalue weighted by molar-refractivity contribution is 5.89. The Kier molecular flexibility index (Phi) is 6.76. The molecule has 0 aliphatic carbocycles. The van der Waals surface area contributed by atoms with Crippen LogP contribution < -0.4 is 14.8 Å². The number of nitrogens with zero attached hydrogens (tertiary/aromatic N) is 1. The quantitative estimate of drug-likeness (QED) is 0.642. The van der Waals surface area contributed by atoms with Gasteiger partial charge in [-0.2, -0.15) is 0 Å². The number of carbonyl (C=O) groups is 1. The highest BCUT2D eigenvalue weighted by atomic mass is 16.5. The van der Waals surface area contributed by atoms with Gasteiger partial charge in [0.15, 0.2) is 0 Å². The van der Waals surface area contributed by atoms with Gasteiger partial charge in [0, 0.05) is 37.0 Å². The van der Waals surface area contributed by atoms with E-state index in [0.717, 1.165) is 12.8 Å².